The minimum Gasteiger partial charge on any atom is -0.267 e. The van der Waals surface area contributed by atoms with Gasteiger partial charge in [-0.05, 0) is 23.8 Å². The van der Waals surface area contributed by atoms with E-state index < -0.39 is 32.2 Å². The van der Waals surface area contributed by atoms with Gasteiger partial charge in [-0.25, -0.2) is 18.7 Å². The molecule has 0 spiro atoms. The maximum Gasteiger partial charge on any atom is 0.417 e. The van der Waals surface area contributed by atoms with Crippen molar-refractivity contribution in [1.82, 2.24) is 10.2 Å². The van der Waals surface area contributed by atoms with E-state index in [0.717, 1.165) is 12.1 Å². The lowest BCUT2D eigenvalue weighted by Crippen LogP contribution is -2.19. The zero-order valence-corrected chi connectivity index (χ0v) is 13.9. The van der Waals surface area contributed by atoms with Crippen LogP contribution in [-0.2, 0) is 22.6 Å². The molecule has 0 unspecified atom stereocenters. The normalized spacial score (nSPS) is 12.5. The number of nitrogens with zero attached hydrogens (tertiary/aromatic N) is 1. The summed E-state index contributed by atoms with van der Waals surface area (Å²) in [6.07, 6.45) is -4.93. The van der Waals surface area contributed by atoms with Crippen molar-refractivity contribution in [2.45, 2.75) is 17.5 Å². The number of halogens is 3. The number of primary sulfonamides is 1. The van der Waals surface area contributed by atoms with Gasteiger partial charge in [0, 0.05) is 11.8 Å². The molecule has 0 aliphatic heterocycles. The lowest BCUT2D eigenvalue weighted by Gasteiger charge is -2.13. The first kappa shape index (κ1) is 18.1. The first-order chi connectivity index (χ1) is 12.1. The number of nitrogens with one attached hydrogen (secondary N) is 1. The van der Waals surface area contributed by atoms with Gasteiger partial charge in [0.1, 0.15) is 0 Å². The molecule has 6 nitrogen and oxygen atoms in total. The van der Waals surface area contributed by atoms with Crippen molar-refractivity contribution in [3.05, 3.63) is 69.6 Å². The smallest absolute Gasteiger partial charge is 0.267 e. The van der Waals surface area contributed by atoms with Crippen molar-refractivity contribution in [3.8, 4) is 0 Å². The largest absolute Gasteiger partial charge is 0.417 e. The van der Waals surface area contributed by atoms with Gasteiger partial charge in [0.25, 0.3) is 5.56 Å². The van der Waals surface area contributed by atoms with Gasteiger partial charge in [-0.1, -0.05) is 24.3 Å². The highest BCUT2D eigenvalue weighted by atomic mass is 32.2. The number of aromatic nitrogens is 2. The molecule has 0 bridgehead atoms. The lowest BCUT2D eigenvalue weighted by molar-refractivity contribution is -0.139. The predicted molar refractivity (Wildman–Crippen MR) is 88.0 cm³/mol. The van der Waals surface area contributed by atoms with Gasteiger partial charge in [0.05, 0.1) is 21.5 Å². The summed E-state index contributed by atoms with van der Waals surface area (Å²) in [7, 11) is -4.53. The monoisotopic (exact) mass is 383 g/mol. The van der Waals surface area contributed by atoms with E-state index in [1.54, 1.807) is 24.3 Å². The van der Waals surface area contributed by atoms with Crippen molar-refractivity contribution in [2.75, 3.05) is 0 Å². The first-order valence-corrected chi connectivity index (χ1v) is 8.81. The molecule has 3 N–H and O–H groups in total. The number of alkyl halides is 3. The molecule has 3 aromatic rings. The quantitative estimate of drug-likeness (QED) is 0.723. The highest BCUT2D eigenvalue weighted by Gasteiger charge is 2.36. The molecule has 0 amide bonds. The molecule has 3 rings (SSSR count). The molecule has 0 radical (unpaired) electrons. The average Bonchev–Trinajstić information content (AvgIpc) is 2.56. The van der Waals surface area contributed by atoms with Gasteiger partial charge >= 0.3 is 6.18 Å². The number of sulfonamides is 1. The molecular weight excluding hydrogens is 371 g/mol. The summed E-state index contributed by atoms with van der Waals surface area (Å²) in [6, 6.07) is 9.32. The molecule has 0 aliphatic carbocycles. The highest BCUT2D eigenvalue weighted by molar-refractivity contribution is 7.89. The zero-order valence-electron chi connectivity index (χ0n) is 13.0. The summed E-state index contributed by atoms with van der Waals surface area (Å²) >= 11 is 0. The Balaban J connectivity index is 2.13. The lowest BCUT2D eigenvalue weighted by atomic mass is 10.0. The van der Waals surface area contributed by atoms with Crippen LogP contribution in [0.2, 0.25) is 0 Å². The summed E-state index contributed by atoms with van der Waals surface area (Å²) in [5.41, 5.74) is -1.22. The average molecular weight is 383 g/mol. The second-order valence-electron chi connectivity index (χ2n) is 5.60. The summed E-state index contributed by atoms with van der Waals surface area (Å²) in [5, 5.41) is 11.9. The molecular formula is C16H12F3N3O3S. The Bertz CT molecular complexity index is 1150. The second-order valence-corrected chi connectivity index (χ2v) is 7.12. The van der Waals surface area contributed by atoms with Crippen molar-refractivity contribution < 1.29 is 21.6 Å². The van der Waals surface area contributed by atoms with E-state index in [2.05, 4.69) is 10.2 Å². The van der Waals surface area contributed by atoms with E-state index in [1.165, 1.54) is 6.07 Å². The number of rotatable bonds is 3. The number of nitrogens with two attached hydrogens (primary N) is 1. The molecule has 10 heteroatoms. The number of H-pyrrole nitrogens is 1. The van der Waals surface area contributed by atoms with Crippen LogP contribution in [0.5, 0.6) is 0 Å². The number of aromatic amines is 1. The zero-order chi connectivity index (χ0) is 19.1. The molecule has 0 aliphatic rings. The summed E-state index contributed by atoms with van der Waals surface area (Å²) in [6.45, 7) is 0. The topological polar surface area (TPSA) is 106 Å². The molecule has 1 aromatic heterocycles. The summed E-state index contributed by atoms with van der Waals surface area (Å²) < 4.78 is 62.5. The Morgan fingerprint density at radius 1 is 1.08 bits per heavy atom. The van der Waals surface area contributed by atoms with E-state index in [4.69, 9.17) is 5.14 Å². The fraction of sp³-hybridized carbons (Fsp3) is 0.125. The number of hydrogen-bond acceptors (Lipinski definition) is 4. The van der Waals surface area contributed by atoms with Crippen molar-refractivity contribution in [3.63, 3.8) is 0 Å². The third-order valence-corrected chi connectivity index (χ3v) is 4.77. The van der Waals surface area contributed by atoms with E-state index in [-0.39, 0.29) is 12.0 Å². The van der Waals surface area contributed by atoms with E-state index in [9.17, 15) is 26.4 Å². The maximum absolute atomic E-state index is 13.2. The van der Waals surface area contributed by atoms with Crippen molar-refractivity contribution in [1.29, 1.82) is 0 Å². The van der Waals surface area contributed by atoms with Gasteiger partial charge in [0.15, 0.2) is 0 Å². The van der Waals surface area contributed by atoms with Crippen LogP contribution in [0.25, 0.3) is 10.8 Å². The Hall–Kier alpha value is -2.72. The molecule has 0 saturated carbocycles. The number of hydrogen-bond donors (Lipinski definition) is 2. The Kier molecular flexibility index (Phi) is 4.32. The molecule has 0 fully saturated rings. The van der Waals surface area contributed by atoms with E-state index >= 15 is 0 Å². The van der Waals surface area contributed by atoms with Crippen molar-refractivity contribution >= 4 is 20.8 Å². The number of benzene rings is 2. The maximum atomic E-state index is 13.2. The molecule has 26 heavy (non-hydrogen) atoms. The van der Waals surface area contributed by atoms with Gasteiger partial charge in [-0.2, -0.15) is 18.3 Å². The first-order valence-electron chi connectivity index (χ1n) is 7.26. The van der Waals surface area contributed by atoms with Crippen LogP contribution in [0.3, 0.4) is 0 Å². The van der Waals surface area contributed by atoms with Gasteiger partial charge < -0.3 is 0 Å². The second kappa shape index (κ2) is 6.22. The van der Waals surface area contributed by atoms with Crippen LogP contribution < -0.4 is 10.7 Å². The Morgan fingerprint density at radius 3 is 2.35 bits per heavy atom. The van der Waals surface area contributed by atoms with Crippen molar-refractivity contribution in [2.24, 2.45) is 5.14 Å². The third-order valence-electron chi connectivity index (χ3n) is 3.80. The third kappa shape index (κ3) is 3.46. The van der Waals surface area contributed by atoms with Gasteiger partial charge in [0.2, 0.25) is 10.0 Å². The van der Waals surface area contributed by atoms with Crippen LogP contribution in [0.4, 0.5) is 13.2 Å². The minimum absolute atomic E-state index is 0.0364. The van der Waals surface area contributed by atoms with Crippen LogP contribution in [0.15, 0.2) is 52.2 Å². The van der Waals surface area contributed by atoms with Crippen LogP contribution in [0, 0.1) is 0 Å². The molecule has 0 atom stereocenters. The predicted octanol–water partition coefficient (Wildman–Crippen LogP) is 2.18. The molecule has 1 heterocycles. The molecule has 2 aromatic carbocycles. The number of fused-ring (bicyclic) bond motifs is 1. The fourth-order valence-corrected chi connectivity index (χ4v) is 3.40. The van der Waals surface area contributed by atoms with Gasteiger partial charge in [-0.15, -0.1) is 0 Å². The Labute approximate surface area is 145 Å². The van der Waals surface area contributed by atoms with Crippen LogP contribution in [0.1, 0.15) is 16.8 Å². The summed E-state index contributed by atoms with van der Waals surface area (Å²) in [4.78, 5) is 10.8. The standard InChI is InChI=1S/C16H12F3N3O3S/c17-16(18,19)12-7-9(5-6-14(12)26(20,24)25)8-13-10-3-1-2-4-11(10)15(23)22-21-13/h1-7H,8H2,(H,22,23)(H2,20,24,25). The van der Waals surface area contributed by atoms with Crippen LogP contribution in [-0.4, -0.2) is 18.6 Å². The minimum atomic E-state index is -4.89. The summed E-state index contributed by atoms with van der Waals surface area (Å²) in [5.74, 6) is 0. The Morgan fingerprint density at radius 2 is 1.73 bits per heavy atom. The highest BCUT2D eigenvalue weighted by Crippen LogP contribution is 2.35. The van der Waals surface area contributed by atoms with Gasteiger partial charge in [-0.3, -0.25) is 4.79 Å². The fourth-order valence-electron chi connectivity index (χ4n) is 2.66. The van der Waals surface area contributed by atoms with Crippen LogP contribution >= 0.6 is 0 Å². The molecule has 0 saturated heterocycles. The SMILES string of the molecule is NS(=O)(=O)c1ccc(Cc2n[nH]c(=O)c3ccccc23)cc1C(F)(F)F. The van der Waals surface area contributed by atoms with E-state index in [0.29, 0.717) is 16.5 Å². The van der Waals surface area contributed by atoms with E-state index in [1.807, 2.05) is 0 Å². The molecule has 136 valence electrons.